The van der Waals surface area contributed by atoms with Crippen molar-refractivity contribution >= 4 is 29.1 Å². The SMILES string of the molecule is O=C(C[N+]12CCC(CC1)[C@@H](OC(=O)n1cnc3c(=O)[nH]c(=O)[nH]c31)C2)Nc1ncccn1. The van der Waals surface area contributed by atoms with Crippen molar-refractivity contribution in [2.75, 3.05) is 31.5 Å². The third kappa shape index (κ3) is 3.66. The van der Waals surface area contributed by atoms with E-state index < -0.39 is 23.4 Å². The molecule has 13 nitrogen and oxygen atoms in total. The van der Waals surface area contributed by atoms with Gasteiger partial charge >= 0.3 is 11.8 Å². The Kier molecular flexibility index (Phi) is 4.81. The van der Waals surface area contributed by atoms with E-state index in [0.717, 1.165) is 36.8 Å². The zero-order valence-electron chi connectivity index (χ0n) is 17.0. The molecule has 13 heteroatoms. The van der Waals surface area contributed by atoms with Crippen LogP contribution in [0.15, 0.2) is 34.4 Å². The van der Waals surface area contributed by atoms with E-state index in [4.69, 9.17) is 4.74 Å². The van der Waals surface area contributed by atoms with E-state index in [0.29, 0.717) is 11.0 Å². The Morgan fingerprint density at radius 3 is 2.66 bits per heavy atom. The molecule has 3 fully saturated rings. The van der Waals surface area contributed by atoms with Gasteiger partial charge in [-0.25, -0.2) is 29.1 Å². The molecule has 0 saturated carbocycles. The van der Waals surface area contributed by atoms with Gasteiger partial charge < -0.3 is 9.22 Å². The fourth-order valence-corrected chi connectivity index (χ4v) is 4.67. The van der Waals surface area contributed by atoms with Crippen molar-refractivity contribution in [3.8, 4) is 0 Å². The quantitative estimate of drug-likeness (QED) is 0.453. The van der Waals surface area contributed by atoms with Gasteiger partial charge in [-0.15, -0.1) is 0 Å². The van der Waals surface area contributed by atoms with Gasteiger partial charge in [0.2, 0.25) is 5.95 Å². The summed E-state index contributed by atoms with van der Waals surface area (Å²) in [6.07, 6.45) is 4.79. The molecule has 3 saturated heterocycles. The van der Waals surface area contributed by atoms with Gasteiger partial charge in [-0.1, -0.05) is 0 Å². The van der Waals surface area contributed by atoms with Crippen LogP contribution in [0.2, 0.25) is 0 Å². The molecule has 3 aliphatic heterocycles. The molecule has 3 aromatic rings. The third-order valence-electron chi connectivity index (χ3n) is 6.23. The van der Waals surface area contributed by atoms with Crippen molar-refractivity contribution in [2.45, 2.75) is 18.9 Å². The number of carbonyl (C=O) groups excluding carboxylic acids is 2. The van der Waals surface area contributed by atoms with Gasteiger partial charge in [0.1, 0.15) is 12.9 Å². The number of carbonyl (C=O) groups is 2. The van der Waals surface area contributed by atoms with E-state index in [1.54, 1.807) is 18.5 Å². The molecular formula is C19H21N8O5+. The first-order valence-electron chi connectivity index (χ1n) is 10.3. The van der Waals surface area contributed by atoms with Crippen LogP contribution in [0.3, 0.4) is 0 Å². The van der Waals surface area contributed by atoms with E-state index in [-0.39, 0.29) is 35.5 Å². The number of ether oxygens (including phenoxy) is 1. The highest BCUT2D eigenvalue weighted by Gasteiger charge is 2.48. The number of quaternary nitrogens is 1. The fraction of sp³-hybridized carbons (Fsp3) is 0.421. The van der Waals surface area contributed by atoms with Crippen LogP contribution in [-0.4, -0.2) is 78.3 Å². The van der Waals surface area contributed by atoms with Crippen molar-refractivity contribution in [1.82, 2.24) is 29.5 Å². The Bertz CT molecular complexity index is 1290. The van der Waals surface area contributed by atoms with Gasteiger partial charge in [0.15, 0.2) is 23.8 Å². The number of aromatic amines is 2. The second-order valence-electron chi connectivity index (χ2n) is 8.23. The molecule has 1 atom stereocenters. The van der Waals surface area contributed by atoms with Crippen molar-refractivity contribution in [3.63, 3.8) is 0 Å². The van der Waals surface area contributed by atoms with Crippen molar-refractivity contribution in [1.29, 1.82) is 0 Å². The Morgan fingerprint density at radius 1 is 1.16 bits per heavy atom. The lowest BCUT2D eigenvalue weighted by atomic mass is 9.83. The number of nitrogens with zero attached hydrogens (tertiary/aromatic N) is 5. The molecule has 0 radical (unpaired) electrons. The lowest BCUT2D eigenvalue weighted by Gasteiger charge is -2.51. The zero-order valence-corrected chi connectivity index (χ0v) is 17.0. The van der Waals surface area contributed by atoms with E-state index in [2.05, 4.69) is 30.2 Å². The van der Waals surface area contributed by atoms with Gasteiger partial charge in [-0.3, -0.25) is 24.9 Å². The molecule has 3 aliphatic rings. The molecule has 1 amide bonds. The van der Waals surface area contributed by atoms with Crippen LogP contribution < -0.4 is 16.6 Å². The maximum absolute atomic E-state index is 12.8. The molecule has 0 unspecified atom stereocenters. The summed E-state index contributed by atoms with van der Waals surface area (Å²) in [5.74, 6) is 0.247. The van der Waals surface area contributed by atoms with Crippen molar-refractivity contribution < 1.29 is 18.8 Å². The number of amides is 1. The second-order valence-corrected chi connectivity index (χ2v) is 8.23. The van der Waals surface area contributed by atoms with E-state index in [1.807, 2.05) is 0 Å². The molecule has 32 heavy (non-hydrogen) atoms. The predicted molar refractivity (Wildman–Crippen MR) is 110 cm³/mol. The number of anilines is 1. The Balaban J connectivity index is 1.30. The minimum Gasteiger partial charge on any atom is -0.439 e. The number of aromatic nitrogens is 6. The monoisotopic (exact) mass is 441 g/mol. The summed E-state index contributed by atoms with van der Waals surface area (Å²) >= 11 is 0. The minimum atomic E-state index is -0.738. The number of hydrogen-bond donors (Lipinski definition) is 3. The fourth-order valence-electron chi connectivity index (χ4n) is 4.67. The number of piperidine rings is 3. The molecule has 0 aliphatic carbocycles. The summed E-state index contributed by atoms with van der Waals surface area (Å²) in [5, 5.41) is 2.71. The van der Waals surface area contributed by atoms with E-state index >= 15 is 0 Å². The van der Waals surface area contributed by atoms with Crippen LogP contribution in [0.5, 0.6) is 0 Å². The Hall–Kier alpha value is -3.87. The highest BCUT2D eigenvalue weighted by Crippen LogP contribution is 2.35. The summed E-state index contributed by atoms with van der Waals surface area (Å²) in [6.45, 7) is 2.37. The van der Waals surface area contributed by atoms with Gasteiger partial charge in [-0.2, -0.15) is 0 Å². The average molecular weight is 441 g/mol. The maximum atomic E-state index is 12.8. The highest BCUT2D eigenvalue weighted by atomic mass is 16.6. The van der Waals surface area contributed by atoms with Gasteiger partial charge in [0.05, 0.1) is 13.1 Å². The summed E-state index contributed by atoms with van der Waals surface area (Å²) in [5.41, 5.74) is -1.50. The first-order valence-corrected chi connectivity index (χ1v) is 10.3. The summed E-state index contributed by atoms with van der Waals surface area (Å²) < 4.78 is 7.29. The number of hydrogen-bond acceptors (Lipinski definition) is 8. The minimum absolute atomic E-state index is 0.0174. The molecule has 6 heterocycles. The van der Waals surface area contributed by atoms with Crippen LogP contribution in [0.1, 0.15) is 12.8 Å². The van der Waals surface area contributed by atoms with Crippen molar-refractivity contribution in [3.05, 3.63) is 45.6 Å². The molecular weight excluding hydrogens is 420 g/mol. The lowest BCUT2D eigenvalue weighted by Crippen LogP contribution is -2.66. The number of H-pyrrole nitrogens is 2. The standard InChI is InChI=1S/C19H20N8O5/c28-13(23-17-20-4-1-5-21-17)9-27-6-2-11(3-7-27)12(8-27)32-19(31)26-10-22-14-15(26)24-18(30)25-16(14)29/h1,4-5,10-12H,2-3,6-9H2,(H2-,20,21,23,24,25,28,29,30)/p+1/t11?,12-,27?/m0/s1. The smallest absolute Gasteiger partial charge is 0.421 e. The van der Waals surface area contributed by atoms with E-state index in [1.165, 1.54) is 0 Å². The van der Waals surface area contributed by atoms with Gasteiger partial charge in [0.25, 0.3) is 11.5 Å². The number of fused-ring (bicyclic) bond motifs is 4. The maximum Gasteiger partial charge on any atom is 0.421 e. The first-order chi connectivity index (χ1) is 15.4. The largest absolute Gasteiger partial charge is 0.439 e. The third-order valence-corrected chi connectivity index (χ3v) is 6.23. The predicted octanol–water partition coefficient (Wildman–Crippen LogP) is -0.565. The molecule has 0 aromatic carbocycles. The summed E-state index contributed by atoms with van der Waals surface area (Å²) in [6, 6.07) is 1.67. The molecule has 3 N–H and O–H groups in total. The van der Waals surface area contributed by atoms with Crippen LogP contribution >= 0.6 is 0 Å². The first kappa shape index (κ1) is 20.1. The topological polar surface area (TPSA) is 165 Å². The Labute approximate surface area is 180 Å². The van der Waals surface area contributed by atoms with Crippen LogP contribution in [-0.2, 0) is 9.53 Å². The summed E-state index contributed by atoms with van der Waals surface area (Å²) in [4.78, 5) is 65.3. The zero-order chi connectivity index (χ0) is 22.3. The number of nitrogens with one attached hydrogen (secondary N) is 3. The number of rotatable bonds is 4. The molecule has 166 valence electrons. The van der Waals surface area contributed by atoms with Crippen LogP contribution in [0.25, 0.3) is 11.2 Å². The number of imidazole rings is 1. The van der Waals surface area contributed by atoms with Crippen molar-refractivity contribution in [2.24, 2.45) is 5.92 Å². The lowest BCUT2D eigenvalue weighted by molar-refractivity contribution is -0.938. The van der Waals surface area contributed by atoms with Gasteiger partial charge in [0, 0.05) is 31.2 Å². The van der Waals surface area contributed by atoms with E-state index in [9.17, 15) is 19.2 Å². The molecule has 2 bridgehead atoms. The highest BCUT2D eigenvalue weighted by molar-refractivity contribution is 5.89. The second kappa shape index (κ2) is 7.67. The van der Waals surface area contributed by atoms with Gasteiger partial charge in [-0.05, 0) is 6.07 Å². The van der Waals surface area contributed by atoms with Crippen LogP contribution in [0.4, 0.5) is 10.7 Å². The molecule has 0 spiro atoms. The average Bonchev–Trinajstić information content (AvgIpc) is 3.19. The molecule has 3 aromatic heterocycles. The Morgan fingerprint density at radius 2 is 1.91 bits per heavy atom. The normalized spacial score (nSPS) is 24.4. The van der Waals surface area contributed by atoms with Crippen LogP contribution in [0, 0.1) is 5.92 Å². The summed E-state index contributed by atoms with van der Waals surface area (Å²) in [7, 11) is 0. The molecule has 6 rings (SSSR count).